The summed E-state index contributed by atoms with van der Waals surface area (Å²) in [6.45, 7) is 0.0658. The zero-order valence-electron chi connectivity index (χ0n) is 9.06. The van der Waals surface area contributed by atoms with Crippen LogP contribution in [0.5, 0.6) is 11.5 Å². The van der Waals surface area contributed by atoms with E-state index in [1.807, 2.05) is 12.1 Å². The van der Waals surface area contributed by atoms with E-state index >= 15 is 0 Å². The summed E-state index contributed by atoms with van der Waals surface area (Å²) < 4.78 is 10.3. The van der Waals surface area contributed by atoms with Gasteiger partial charge in [-0.2, -0.15) is 0 Å². The highest BCUT2D eigenvalue weighted by molar-refractivity contribution is 5.42. The number of rotatable bonds is 5. The molecule has 0 radical (unpaired) electrons. The van der Waals surface area contributed by atoms with E-state index in [1.54, 1.807) is 20.3 Å². The van der Waals surface area contributed by atoms with Crippen LogP contribution in [0.3, 0.4) is 0 Å². The Morgan fingerprint density at radius 2 is 2.07 bits per heavy atom. The second kappa shape index (κ2) is 5.58. The van der Waals surface area contributed by atoms with E-state index in [9.17, 15) is 0 Å². The molecule has 15 heavy (non-hydrogen) atoms. The standard InChI is InChI=1S/C11H17NO3/c1-14-8-3-4-9(10(12)5-6-13)11(7-8)15-2/h3-4,7,10,13H,5-6,12H2,1-2H3/t10-/m1/s1. The van der Waals surface area contributed by atoms with Gasteiger partial charge in [0.25, 0.3) is 0 Å². The Kier molecular flexibility index (Phi) is 4.39. The van der Waals surface area contributed by atoms with Crippen molar-refractivity contribution in [3.8, 4) is 11.5 Å². The van der Waals surface area contributed by atoms with Gasteiger partial charge in [0.05, 0.1) is 14.2 Å². The molecule has 1 atom stereocenters. The third-order valence-electron chi connectivity index (χ3n) is 2.28. The maximum Gasteiger partial charge on any atom is 0.127 e. The van der Waals surface area contributed by atoms with Crippen LogP contribution in [-0.2, 0) is 0 Å². The van der Waals surface area contributed by atoms with E-state index in [0.29, 0.717) is 12.2 Å². The summed E-state index contributed by atoms with van der Waals surface area (Å²) >= 11 is 0. The molecule has 0 unspecified atom stereocenters. The molecule has 0 saturated carbocycles. The zero-order chi connectivity index (χ0) is 11.3. The number of benzene rings is 1. The van der Waals surface area contributed by atoms with Crippen LogP contribution in [0.15, 0.2) is 18.2 Å². The lowest BCUT2D eigenvalue weighted by atomic mass is 10.0. The molecule has 0 aromatic heterocycles. The number of ether oxygens (including phenoxy) is 2. The predicted octanol–water partition coefficient (Wildman–Crippen LogP) is 1.09. The van der Waals surface area contributed by atoms with Crippen molar-refractivity contribution in [3.63, 3.8) is 0 Å². The SMILES string of the molecule is COc1ccc([C@H](N)CCO)c(OC)c1. The minimum atomic E-state index is -0.212. The number of aliphatic hydroxyl groups is 1. The topological polar surface area (TPSA) is 64.7 Å². The number of hydrogen-bond donors (Lipinski definition) is 2. The lowest BCUT2D eigenvalue weighted by molar-refractivity contribution is 0.275. The van der Waals surface area contributed by atoms with Crippen molar-refractivity contribution in [2.45, 2.75) is 12.5 Å². The van der Waals surface area contributed by atoms with E-state index in [2.05, 4.69) is 0 Å². The third kappa shape index (κ3) is 2.84. The van der Waals surface area contributed by atoms with Crippen LogP contribution in [0.1, 0.15) is 18.0 Å². The molecule has 1 aromatic carbocycles. The summed E-state index contributed by atoms with van der Waals surface area (Å²) in [5.74, 6) is 1.42. The van der Waals surface area contributed by atoms with E-state index in [4.69, 9.17) is 20.3 Å². The first-order valence-electron chi connectivity index (χ1n) is 4.81. The summed E-state index contributed by atoms with van der Waals surface area (Å²) in [5, 5.41) is 8.82. The quantitative estimate of drug-likeness (QED) is 0.765. The van der Waals surface area contributed by atoms with E-state index in [-0.39, 0.29) is 12.6 Å². The van der Waals surface area contributed by atoms with Gasteiger partial charge in [-0.3, -0.25) is 0 Å². The Bertz CT molecular complexity index is 315. The van der Waals surface area contributed by atoms with E-state index in [1.165, 1.54) is 0 Å². The monoisotopic (exact) mass is 211 g/mol. The molecule has 0 aliphatic carbocycles. The molecule has 0 spiro atoms. The average molecular weight is 211 g/mol. The van der Waals surface area contributed by atoms with Gasteiger partial charge in [0.1, 0.15) is 11.5 Å². The van der Waals surface area contributed by atoms with Gasteiger partial charge in [-0.25, -0.2) is 0 Å². The van der Waals surface area contributed by atoms with Crippen molar-refractivity contribution in [1.82, 2.24) is 0 Å². The molecule has 0 heterocycles. The van der Waals surface area contributed by atoms with E-state index in [0.717, 1.165) is 11.3 Å². The fourth-order valence-electron chi connectivity index (χ4n) is 1.42. The van der Waals surface area contributed by atoms with E-state index < -0.39 is 0 Å². The zero-order valence-corrected chi connectivity index (χ0v) is 9.06. The molecule has 1 rings (SSSR count). The summed E-state index contributed by atoms with van der Waals surface area (Å²) in [4.78, 5) is 0. The fraction of sp³-hybridized carbons (Fsp3) is 0.455. The Morgan fingerprint density at radius 1 is 1.33 bits per heavy atom. The summed E-state index contributed by atoms with van der Waals surface area (Å²) in [6, 6.07) is 5.26. The number of methoxy groups -OCH3 is 2. The van der Waals surface area contributed by atoms with Crippen LogP contribution in [0, 0.1) is 0 Å². The lowest BCUT2D eigenvalue weighted by Gasteiger charge is -2.15. The highest BCUT2D eigenvalue weighted by Gasteiger charge is 2.12. The van der Waals surface area contributed by atoms with Crippen molar-refractivity contribution in [1.29, 1.82) is 0 Å². The molecule has 0 amide bonds. The Morgan fingerprint density at radius 3 is 2.60 bits per heavy atom. The molecular formula is C11H17NO3. The maximum absolute atomic E-state index is 8.82. The van der Waals surface area contributed by atoms with Gasteiger partial charge in [0, 0.05) is 24.3 Å². The normalized spacial score (nSPS) is 12.3. The number of aliphatic hydroxyl groups excluding tert-OH is 1. The van der Waals surface area contributed by atoms with Crippen molar-refractivity contribution in [3.05, 3.63) is 23.8 Å². The minimum absolute atomic E-state index is 0.0658. The Hall–Kier alpha value is -1.26. The van der Waals surface area contributed by atoms with Gasteiger partial charge >= 0.3 is 0 Å². The van der Waals surface area contributed by atoms with Crippen LogP contribution in [0.4, 0.5) is 0 Å². The summed E-state index contributed by atoms with van der Waals surface area (Å²) in [5.41, 5.74) is 6.77. The van der Waals surface area contributed by atoms with Gasteiger partial charge in [0.2, 0.25) is 0 Å². The average Bonchev–Trinajstić information content (AvgIpc) is 2.28. The molecule has 0 fully saturated rings. The van der Waals surface area contributed by atoms with Crippen LogP contribution >= 0.6 is 0 Å². The molecule has 84 valence electrons. The highest BCUT2D eigenvalue weighted by Crippen LogP contribution is 2.29. The molecule has 4 heteroatoms. The molecule has 0 aliphatic rings. The second-order valence-corrected chi connectivity index (χ2v) is 3.23. The molecule has 4 nitrogen and oxygen atoms in total. The van der Waals surface area contributed by atoms with Crippen molar-refractivity contribution in [2.24, 2.45) is 5.73 Å². The van der Waals surface area contributed by atoms with Crippen LogP contribution in [0.25, 0.3) is 0 Å². The first-order chi connectivity index (χ1) is 7.22. The smallest absolute Gasteiger partial charge is 0.127 e. The van der Waals surface area contributed by atoms with Crippen molar-refractivity contribution >= 4 is 0 Å². The Balaban J connectivity index is 2.96. The Labute approximate surface area is 89.6 Å². The molecule has 3 N–H and O–H groups in total. The largest absolute Gasteiger partial charge is 0.497 e. The molecule has 0 bridgehead atoms. The molecule has 0 saturated heterocycles. The molecule has 0 aliphatic heterocycles. The maximum atomic E-state index is 8.82. The lowest BCUT2D eigenvalue weighted by Crippen LogP contribution is -2.13. The summed E-state index contributed by atoms with van der Waals surface area (Å²) in [6.07, 6.45) is 0.517. The predicted molar refractivity (Wildman–Crippen MR) is 58.2 cm³/mol. The first kappa shape index (κ1) is 11.8. The van der Waals surface area contributed by atoms with Crippen molar-refractivity contribution in [2.75, 3.05) is 20.8 Å². The van der Waals surface area contributed by atoms with Gasteiger partial charge in [0.15, 0.2) is 0 Å². The van der Waals surface area contributed by atoms with Gasteiger partial charge in [-0.1, -0.05) is 6.07 Å². The van der Waals surface area contributed by atoms with Gasteiger partial charge in [-0.15, -0.1) is 0 Å². The summed E-state index contributed by atoms with van der Waals surface area (Å²) in [7, 11) is 3.19. The van der Waals surface area contributed by atoms with Gasteiger partial charge < -0.3 is 20.3 Å². The van der Waals surface area contributed by atoms with Crippen LogP contribution < -0.4 is 15.2 Å². The minimum Gasteiger partial charge on any atom is -0.497 e. The van der Waals surface area contributed by atoms with Crippen LogP contribution in [-0.4, -0.2) is 25.9 Å². The van der Waals surface area contributed by atoms with Crippen LogP contribution in [0.2, 0.25) is 0 Å². The highest BCUT2D eigenvalue weighted by atomic mass is 16.5. The third-order valence-corrected chi connectivity index (χ3v) is 2.28. The fourth-order valence-corrected chi connectivity index (χ4v) is 1.42. The second-order valence-electron chi connectivity index (χ2n) is 3.23. The number of nitrogens with two attached hydrogens (primary N) is 1. The number of hydrogen-bond acceptors (Lipinski definition) is 4. The first-order valence-corrected chi connectivity index (χ1v) is 4.81. The molecular weight excluding hydrogens is 194 g/mol. The van der Waals surface area contributed by atoms with Gasteiger partial charge in [-0.05, 0) is 12.5 Å². The van der Waals surface area contributed by atoms with Crippen molar-refractivity contribution < 1.29 is 14.6 Å². The molecule has 1 aromatic rings.